The fourth-order valence-corrected chi connectivity index (χ4v) is 3.70. The molecule has 2 N–H and O–H groups in total. The summed E-state index contributed by atoms with van der Waals surface area (Å²) in [6.45, 7) is 0. The Kier molecular flexibility index (Phi) is 8.05. The number of thioether (sulfide) groups is 1. The van der Waals surface area contributed by atoms with Crippen LogP contribution in [0.5, 0.6) is 0 Å². The van der Waals surface area contributed by atoms with Gasteiger partial charge in [0.15, 0.2) is 0 Å². The lowest BCUT2D eigenvalue weighted by Gasteiger charge is -2.16. The van der Waals surface area contributed by atoms with Crippen molar-refractivity contribution >= 4 is 35.0 Å². The molecule has 2 aromatic carbocycles. The number of nitrogens with one attached hydrogen (secondary N) is 2. The van der Waals surface area contributed by atoms with Crippen LogP contribution < -0.4 is 10.6 Å². The second-order valence-corrected chi connectivity index (χ2v) is 7.97. The number of pyridine rings is 1. The number of nitrogens with zero attached hydrogens (tertiary/aromatic N) is 1. The average molecular weight is 477 g/mol. The summed E-state index contributed by atoms with van der Waals surface area (Å²) < 4.78 is 54.4. The highest BCUT2D eigenvalue weighted by molar-refractivity contribution is 7.98. The van der Waals surface area contributed by atoms with E-state index in [4.69, 9.17) is 0 Å². The molecule has 0 unspecified atom stereocenters. The molecule has 1 heterocycles. The second-order valence-electron chi connectivity index (χ2n) is 6.86. The molecule has 0 aliphatic heterocycles. The van der Waals surface area contributed by atoms with E-state index in [1.165, 1.54) is 36.0 Å². The lowest BCUT2D eigenvalue weighted by molar-refractivity contribution is -0.136. The van der Waals surface area contributed by atoms with Gasteiger partial charge in [-0.05, 0) is 42.5 Å². The first-order valence-corrected chi connectivity index (χ1v) is 10.9. The third-order valence-corrected chi connectivity index (χ3v) is 5.42. The molecular weight excluding hydrogens is 458 g/mol. The number of hydrogen-bond donors (Lipinski definition) is 2. The quantitative estimate of drug-likeness (QED) is 0.320. The van der Waals surface area contributed by atoms with Gasteiger partial charge in [0.05, 0.1) is 22.5 Å². The van der Waals surface area contributed by atoms with Crippen LogP contribution in [0.1, 0.15) is 28.0 Å². The number of anilines is 2. The molecule has 10 heteroatoms. The molecule has 0 aliphatic rings. The molecule has 172 valence electrons. The van der Waals surface area contributed by atoms with Gasteiger partial charge in [-0.3, -0.25) is 14.6 Å². The van der Waals surface area contributed by atoms with Gasteiger partial charge < -0.3 is 10.6 Å². The Bertz CT molecular complexity index is 1120. The molecule has 3 rings (SSSR count). The number of carbonyl (C=O) groups is 2. The molecule has 0 atom stereocenters. The van der Waals surface area contributed by atoms with E-state index >= 15 is 0 Å². The summed E-state index contributed by atoms with van der Waals surface area (Å²) in [6.07, 6.45) is -3.11. The van der Waals surface area contributed by atoms with E-state index in [0.717, 1.165) is 17.8 Å². The zero-order valence-corrected chi connectivity index (χ0v) is 18.0. The molecule has 33 heavy (non-hydrogen) atoms. The fraction of sp³-hybridized carbons (Fsp3) is 0.174. The standard InChI is InChI=1S/C23H19F4N3O2S/c24-19-7-2-1-6-17(19)22(32)29-15-8-9-20(18(13-15)23(25,26)27)30-21(31)10-12-33-14-16-5-3-4-11-28-16/h1-9,11,13H,10,12,14H2,(H,29,32)(H,30,31). The Morgan fingerprint density at radius 2 is 1.73 bits per heavy atom. The van der Waals surface area contributed by atoms with Gasteiger partial charge in [-0.25, -0.2) is 4.39 Å². The second kappa shape index (κ2) is 11.0. The highest BCUT2D eigenvalue weighted by atomic mass is 32.2. The maximum atomic E-state index is 13.7. The topological polar surface area (TPSA) is 71.1 Å². The van der Waals surface area contributed by atoms with Crippen molar-refractivity contribution in [2.24, 2.45) is 0 Å². The van der Waals surface area contributed by atoms with Gasteiger partial charge in [0.2, 0.25) is 5.91 Å². The molecule has 3 aromatic rings. The fourth-order valence-electron chi connectivity index (χ4n) is 2.85. The Hall–Kier alpha value is -3.40. The first-order chi connectivity index (χ1) is 15.7. The van der Waals surface area contributed by atoms with Crippen LogP contribution in [0.4, 0.5) is 28.9 Å². The van der Waals surface area contributed by atoms with Crippen LogP contribution in [0.2, 0.25) is 0 Å². The lowest BCUT2D eigenvalue weighted by atomic mass is 10.1. The zero-order chi connectivity index (χ0) is 23.8. The van der Waals surface area contributed by atoms with Crippen LogP contribution in [0.3, 0.4) is 0 Å². The maximum Gasteiger partial charge on any atom is 0.418 e. The number of alkyl halides is 3. The van der Waals surface area contributed by atoms with E-state index in [1.807, 2.05) is 12.1 Å². The minimum absolute atomic E-state index is 0.0145. The predicted octanol–water partition coefficient (Wildman–Crippen LogP) is 5.75. The van der Waals surface area contributed by atoms with Gasteiger partial charge >= 0.3 is 6.18 Å². The molecule has 5 nitrogen and oxygen atoms in total. The number of benzene rings is 2. The van der Waals surface area contributed by atoms with Crippen LogP contribution in [0, 0.1) is 5.82 Å². The number of aromatic nitrogens is 1. The van der Waals surface area contributed by atoms with Gasteiger partial charge in [0.25, 0.3) is 5.91 Å². The molecule has 0 bridgehead atoms. The Balaban J connectivity index is 1.63. The van der Waals surface area contributed by atoms with Gasteiger partial charge in [0.1, 0.15) is 5.82 Å². The number of halogens is 4. The van der Waals surface area contributed by atoms with Crippen molar-refractivity contribution in [1.82, 2.24) is 4.98 Å². The van der Waals surface area contributed by atoms with Gasteiger partial charge in [0, 0.05) is 29.8 Å². The van der Waals surface area contributed by atoms with Crippen LogP contribution in [0.25, 0.3) is 0 Å². The molecular formula is C23H19F4N3O2S. The molecule has 0 radical (unpaired) electrons. The van der Waals surface area contributed by atoms with Crippen molar-refractivity contribution < 1.29 is 27.2 Å². The SMILES string of the molecule is O=C(CCSCc1ccccn1)Nc1ccc(NC(=O)c2ccccc2F)cc1C(F)(F)F. The molecule has 1 aromatic heterocycles. The Morgan fingerprint density at radius 3 is 2.42 bits per heavy atom. The van der Waals surface area contributed by atoms with Crippen molar-refractivity contribution in [3.05, 3.63) is 89.5 Å². The predicted molar refractivity (Wildman–Crippen MR) is 119 cm³/mol. The van der Waals surface area contributed by atoms with E-state index in [2.05, 4.69) is 15.6 Å². The molecule has 0 fully saturated rings. The Labute approximate surface area is 191 Å². The third kappa shape index (κ3) is 7.04. The molecule has 2 amide bonds. The van der Waals surface area contributed by atoms with Crippen LogP contribution in [-0.4, -0.2) is 22.6 Å². The maximum absolute atomic E-state index is 13.7. The smallest absolute Gasteiger partial charge is 0.325 e. The van der Waals surface area contributed by atoms with Crippen molar-refractivity contribution in [3.63, 3.8) is 0 Å². The summed E-state index contributed by atoms with van der Waals surface area (Å²) in [7, 11) is 0. The van der Waals surface area contributed by atoms with Crippen LogP contribution in [0.15, 0.2) is 66.9 Å². The molecule has 0 spiro atoms. The number of carbonyl (C=O) groups excluding carboxylic acids is 2. The summed E-state index contributed by atoms with van der Waals surface area (Å²) in [4.78, 5) is 28.5. The van der Waals surface area contributed by atoms with E-state index in [-0.39, 0.29) is 17.7 Å². The monoisotopic (exact) mass is 477 g/mol. The summed E-state index contributed by atoms with van der Waals surface area (Å²) in [5.41, 5.74) is -1.18. The number of amides is 2. The average Bonchev–Trinajstić information content (AvgIpc) is 2.78. The highest BCUT2D eigenvalue weighted by Gasteiger charge is 2.34. The van der Waals surface area contributed by atoms with Crippen molar-refractivity contribution in [2.75, 3.05) is 16.4 Å². The number of hydrogen-bond acceptors (Lipinski definition) is 4. The normalized spacial score (nSPS) is 11.2. The van der Waals surface area contributed by atoms with Gasteiger partial charge in [-0.2, -0.15) is 24.9 Å². The molecule has 0 saturated heterocycles. The summed E-state index contributed by atoms with van der Waals surface area (Å²) in [5, 5.41) is 4.53. The molecule has 0 saturated carbocycles. The van der Waals surface area contributed by atoms with E-state index < -0.39 is 35.1 Å². The van der Waals surface area contributed by atoms with Crippen molar-refractivity contribution in [2.45, 2.75) is 18.3 Å². The highest BCUT2D eigenvalue weighted by Crippen LogP contribution is 2.37. The lowest BCUT2D eigenvalue weighted by Crippen LogP contribution is -2.18. The van der Waals surface area contributed by atoms with E-state index in [0.29, 0.717) is 17.6 Å². The van der Waals surface area contributed by atoms with Crippen molar-refractivity contribution in [3.8, 4) is 0 Å². The first-order valence-electron chi connectivity index (χ1n) is 9.78. The van der Waals surface area contributed by atoms with E-state index in [9.17, 15) is 27.2 Å². The summed E-state index contributed by atoms with van der Waals surface area (Å²) >= 11 is 1.44. The third-order valence-electron chi connectivity index (χ3n) is 4.42. The minimum atomic E-state index is -4.78. The van der Waals surface area contributed by atoms with Crippen LogP contribution >= 0.6 is 11.8 Å². The van der Waals surface area contributed by atoms with E-state index in [1.54, 1.807) is 12.3 Å². The zero-order valence-electron chi connectivity index (χ0n) is 17.2. The summed E-state index contributed by atoms with van der Waals surface area (Å²) in [5.74, 6) is -1.27. The largest absolute Gasteiger partial charge is 0.418 e. The first kappa shape index (κ1) is 24.2. The van der Waals surface area contributed by atoms with Crippen molar-refractivity contribution in [1.29, 1.82) is 0 Å². The summed E-state index contributed by atoms with van der Waals surface area (Å²) in [6, 6.07) is 13.6. The Morgan fingerprint density at radius 1 is 0.970 bits per heavy atom. The number of rotatable bonds is 8. The van der Waals surface area contributed by atoms with Gasteiger partial charge in [-0.15, -0.1) is 0 Å². The van der Waals surface area contributed by atoms with Gasteiger partial charge in [-0.1, -0.05) is 18.2 Å². The minimum Gasteiger partial charge on any atom is -0.325 e. The molecule has 0 aliphatic carbocycles. The van der Waals surface area contributed by atoms with Crippen LogP contribution in [-0.2, 0) is 16.7 Å².